The van der Waals surface area contributed by atoms with Crippen LogP contribution in [0.4, 0.5) is 0 Å². The third-order valence-electron chi connectivity index (χ3n) is 5.35. The standard InChI is InChI=1S/C24H31N3O2/c1-4-7-18-9-11-19(12-10-18)23-21(26-22(23)16-28)15-27(14-17(2)3)24(29)20-8-5-6-13-25-20/h4-13,17,21-23,26,28H,14-16H2,1-3H3/t21-,22-,23+/m1/s1. The van der Waals surface area contributed by atoms with Crippen LogP contribution in [0.15, 0.2) is 54.7 Å². The van der Waals surface area contributed by atoms with Crippen LogP contribution in [-0.4, -0.2) is 52.7 Å². The third kappa shape index (κ3) is 5.11. The number of carbonyl (C=O) groups excluding carboxylic acids is 1. The molecule has 1 amide bonds. The van der Waals surface area contributed by atoms with Crippen LogP contribution in [-0.2, 0) is 0 Å². The highest BCUT2D eigenvalue weighted by atomic mass is 16.3. The number of hydrogen-bond acceptors (Lipinski definition) is 4. The second-order valence-corrected chi connectivity index (χ2v) is 8.07. The van der Waals surface area contributed by atoms with E-state index in [9.17, 15) is 9.90 Å². The molecule has 2 heterocycles. The zero-order valence-corrected chi connectivity index (χ0v) is 17.5. The number of pyridine rings is 1. The summed E-state index contributed by atoms with van der Waals surface area (Å²) in [5.74, 6) is 0.483. The number of amides is 1. The number of carbonyl (C=O) groups is 1. The van der Waals surface area contributed by atoms with Crippen molar-refractivity contribution in [2.24, 2.45) is 5.92 Å². The average Bonchev–Trinajstić information content (AvgIpc) is 2.71. The second kappa shape index (κ2) is 9.81. The van der Waals surface area contributed by atoms with Crippen LogP contribution < -0.4 is 5.32 Å². The lowest BCUT2D eigenvalue weighted by atomic mass is 9.77. The summed E-state index contributed by atoms with van der Waals surface area (Å²) >= 11 is 0. The molecule has 0 aliphatic carbocycles. The van der Waals surface area contributed by atoms with Crippen molar-refractivity contribution in [2.45, 2.75) is 38.8 Å². The number of aromatic nitrogens is 1. The number of aliphatic hydroxyl groups excluding tert-OH is 1. The van der Waals surface area contributed by atoms with Gasteiger partial charge in [0.05, 0.1) is 6.61 Å². The fourth-order valence-electron chi connectivity index (χ4n) is 4.03. The van der Waals surface area contributed by atoms with Gasteiger partial charge in [-0.15, -0.1) is 0 Å². The maximum absolute atomic E-state index is 13.0. The molecular weight excluding hydrogens is 362 g/mol. The Morgan fingerprint density at radius 1 is 1.21 bits per heavy atom. The van der Waals surface area contributed by atoms with Gasteiger partial charge in [-0.3, -0.25) is 9.78 Å². The first-order valence-electron chi connectivity index (χ1n) is 10.3. The molecule has 1 aliphatic rings. The van der Waals surface area contributed by atoms with E-state index in [1.807, 2.05) is 30.0 Å². The zero-order valence-electron chi connectivity index (χ0n) is 17.5. The number of nitrogens with zero attached hydrogens (tertiary/aromatic N) is 2. The molecule has 1 saturated heterocycles. The molecule has 0 unspecified atom stereocenters. The lowest BCUT2D eigenvalue weighted by Crippen LogP contribution is -2.65. The van der Waals surface area contributed by atoms with E-state index in [0.717, 1.165) is 5.56 Å². The summed E-state index contributed by atoms with van der Waals surface area (Å²) < 4.78 is 0. The molecule has 29 heavy (non-hydrogen) atoms. The molecular formula is C24H31N3O2. The average molecular weight is 394 g/mol. The molecule has 1 aromatic heterocycles. The molecule has 0 radical (unpaired) electrons. The van der Waals surface area contributed by atoms with E-state index in [1.54, 1.807) is 12.3 Å². The molecule has 154 valence electrons. The first-order valence-corrected chi connectivity index (χ1v) is 10.3. The van der Waals surface area contributed by atoms with Crippen LogP contribution in [0.2, 0.25) is 0 Å². The Morgan fingerprint density at radius 2 is 1.97 bits per heavy atom. The van der Waals surface area contributed by atoms with Crippen LogP contribution in [0.1, 0.15) is 48.3 Å². The largest absolute Gasteiger partial charge is 0.395 e. The summed E-state index contributed by atoms with van der Waals surface area (Å²) in [4.78, 5) is 19.2. The summed E-state index contributed by atoms with van der Waals surface area (Å²) in [7, 11) is 0. The number of rotatable bonds is 8. The van der Waals surface area contributed by atoms with Gasteiger partial charge in [0.25, 0.3) is 5.91 Å². The fourth-order valence-corrected chi connectivity index (χ4v) is 4.03. The normalized spacial score (nSPS) is 21.3. The van der Waals surface area contributed by atoms with Gasteiger partial charge in [-0.2, -0.15) is 0 Å². The highest BCUT2D eigenvalue weighted by molar-refractivity contribution is 5.92. The number of hydrogen-bond donors (Lipinski definition) is 2. The van der Waals surface area contributed by atoms with E-state index >= 15 is 0 Å². The highest BCUT2D eigenvalue weighted by Crippen LogP contribution is 2.33. The van der Waals surface area contributed by atoms with E-state index < -0.39 is 0 Å². The lowest BCUT2D eigenvalue weighted by molar-refractivity contribution is 0.0599. The van der Waals surface area contributed by atoms with Crippen molar-refractivity contribution in [2.75, 3.05) is 19.7 Å². The molecule has 2 aromatic rings. The van der Waals surface area contributed by atoms with Gasteiger partial charge in [0.1, 0.15) is 5.69 Å². The predicted molar refractivity (Wildman–Crippen MR) is 117 cm³/mol. The Balaban J connectivity index is 1.78. The molecule has 1 aliphatic heterocycles. The number of allylic oxidation sites excluding steroid dienone is 1. The Labute approximate surface area is 173 Å². The van der Waals surface area contributed by atoms with Gasteiger partial charge >= 0.3 is 0 Å². The summed E-state index contributed by atoms with van der Waals surface area (Å²) in [6.45, 7) is 7.57. The molecule has 0 spiro atoms. The van der Waals surface area contributed by atoms with Gasteiger partial charge < -0.3 is 15.3 Å². The number of aliphatic hydroxyl groups is 1. The van der Waals surface area contributed by atoms with Gasteiger partial charge in [0, 0.05) is 37.3 Å². The summed E-state index contributed by atoms with van der Waals surface area (Å²) in [5, 5.41) is 13.2. The van der Waals surface area contributed by atoms with E-state index in [1.165, 1.54) is 5.56 Å². The van der Waals surface area contributed by atoms with Crippen molar-refractivity contribution in [3.63, 3.8) is 0 Å². The Morgan fingerprint density at radius 3 is 2.55 bits per heavy atom. The Kier molecular flexibility index (Phi) is 7.18. The van der Waals surface area contributed by atoms with E-state index in [0.29, 0.717) is 24.7 Å². The third-order valence-corrected chi connectivity index (χ3v) is 5.35. The highest BCUT2D eigenvalue weighted by Gasteiger charge is 2.42. The molecule has 0 bridgehead atoms. The molecule has 1 fully saturated rings. The second-order valence-electron chi connectivity index (χ2n) is 8.07. The van der Waals surface area contributed by atoms with Crippen molar-refractivity contribution in [1.29, 1.82) is 0 Å². The summed E-state index contributed by atoms with van der Waals surface area (Å²) in [5.41, 5.74) is 2.82. The smallest absolute Gasteiger partial charge is 0.272 e. The fraction of sp³-hybridized carbons (Fsp3) is 0.417. The Hall–Kier alpha value is -2.50. The van der Waals surface area contributed by atoms with Crippen molar-refractivity contribution < 1.29 is 9.90 Å². The summed E-state index contributed by atoms with van der Waals surface area (Å²) in [6.07, 6.45) is 5.74. The van der Waals surface area contributed by atoms with Crippen molar-refractivity contribution >= 4 is 12.0 Å². The van der Waals surface area contributed by atoms with Crippen molar-refractivity contribution in [3.8, 4) is 0 Å². The molecule has 0 saturated carbocycles. The van der Waals surface area contributed by atoms with Crippen molar-refractivity contribution in [1.82, 2.24) is 15.2 Å². The predicted octanol–water partition coefficient (Wildman–Crippen LogP) is 3.33. The van der Waals surface area contributed by atoms with E-state index in [4.69, 9.17) is 0 Å². The topological polar surface area (TPSA) is 65.5 Å². The van der Waals surface area contributed by atoms with Crippen LogP contribution in [0, 0.1) is 5.92 Å². The maximum atomic E-state index is 13.0. The maximum Gasteiger partial charge on any atom is 0.272 e. The monoisotopic (exact) mass is 393 g/mol. The van der Waals surface area contributed by atoms with Gasteiger partial charge in [0.15, 0.2) is 0 Å². The molecule has 1 aromatic carbocycles. The lowest BCUT2D eigenvalue weighted by Gasteiger charge is -2.47. The van der Waals surface area contributed by atoms with Gasteiger partial charge in [-0.05, 0) is 36.1 Å². The number of nitrogens with one attached hydrogen (secondary N) is 1. The zero-order chi connectivity index (χ0) is 20.8. The molecule has 5 heteroatoms. The minimum absolute atomic E-state index is 0.0124. The van der Waals surface area contributed by atoms with Gasteiger partial charge in [-0.1, -0.05) is 56.3 Å². The number of benzene rings is 1. The van der Waals surface area contributed by atoms with Crippen LogP contribution in [0.5, 0.6) is 0 Å². The Bertz CT molecular complexity index is 818. The molecule has 3 atom stereocenters. The van der Waals surface area contributed by atoms with Crippen LogP contribution in [0.3, 0.4) is 0 Å². The van der Waals surface area contributed by atoms with Crippen LogP contribution >= 0.6 is 0 Å². The quantitative estimate of drug-likeness (QED) is 0.722. The minimum Gasteiger partial charge on any atom is -0.395 e. The van der Waals surface area contributed by atoms with Gasteiger partial charge in [0.2, 0.25) is 0 Å². The van der Waals surface area contributed by atoms with Crippen molar-refractivity contribution in [3.05, 3.63) is 71.6 Å². The molecule has 2 N–H and O–H groups in total. The van der Waals surface area contributed by atoms with Crippen LogP contribution in [0.25, 0.3) is 6.08 Å². The SMILES string of the molecule is CC=Cc1ccc([C@@H]2[C@@H](CO)N[C@@H]2CN(CC(C)C)C(=O)c2ccccn2)cc1. The van der Waals surface area contributed by atoms with Gasteiger partial charge in [-0.25, -0.2) is 0 Å². The first kappa shape index (κ1) is 21.2. The molecule has 3 rings (SSSR count). The van der Waals surface area contributed by atoms with E-state index in [2.05, 4.69) is 54.5 Å². The molecule has 5 nitrogen and oxygen atoms in total. The van der Waals surface area contributed by atoms with E-state index in [-0.39, 0.29) is 30.5 Å². The minimum atomic E-state index is -0.0456. The first-order chi connectivity index (χ1) is 14.0. The summed E-state index contributed by atoms with van der Waals surface area (Å²) in [6, 6.07) is 14.0.